The van der Waals surface area contributed by atoms with E-state index in [-0.39, 0.29) is 24.8 Å². The summed E-state index contributed by atoms with van der Waals surface area (Å²) >= 11 is 0. The van der Waals surface area contributed by atoms with Crippen LogP contribution in [0.2, 0.25) is 0 Å². The first-order chi connectivity index (χ1) is 10.6. The highest BCUT2D eigenvalue weighted by Crippen LogP contribution is 2.25. The van der Waals surface area contributed by atoms with Gasteiger partial charge in [0.25, 0.3) is 5.91 Å². The number of rotatable bonds is 6. The predicted molar refractivity (Wildman–Crippen MR) is 78.5 cm³/mol. The molecule has 1 aliphatic rings. The molecular formula is C15H18N2O5. The van der Waals surface area contributed by atoms with Crippen LogP contribution >= 0.6 is 0 Å². The Balaban J connectivity index is 2.06. The zero-order chi connectivity index (χ0) is 16.1. The van der Waals surface area contributed by atoms with E-state index in [0.717, 1.165) is 4.90 Å². The molecule has 0 aliphatic carbocycles. The second-order valence-electron chi connectivity index (χ2n) is 4.71. The summed E-state index contributed by atoms with van der Waals surface area (Å²) in [6.45, 7) is 2.30. The lowest BCUT2D eigenvalue weighted by Crippen LogP contribution is -2.41. The van der Waals surface area contributed by atoms with Crippen molar-refractivity contribution in [2.45, 2.75) is 19.4 Å². The van der Waals surface area contributed by atoms with E-state index in [1.54, 1.807) is 24.3 Å². The van der Waals surface area contributed by atoms with Crippen molar-refractivity contribution in [2.75, 3.05) is 25.2 Å². The molecule has 1 aromatic carbocycles. The molecule has 2 rings (SSSR count). The summed E-state index contributed by atoms with van der Waals surface area (Å²) in [6.07, 6.45) is 0.0169. The lowest BCUT2D eigenvalue weighted by atomic mass is 10.2. The van der Waals surface area contributed by atoms with Crippen LogP contribution in [0.25, 0.3) is 0 Å². The number of ether oxygens (including phenoxy) is 2. The molecular weight excluding hydrogens is 288 g/mol. The Morgan fingerprint density at radius 3 is 2.59 bits per heavy atom. The smallest absolute Gasteiger partial charge is 0.319 e. The minimum absolute atomic E-state index is 0.0169. The normalized spacial score (nSPS) is 17.7. The van der Waals surface area contributed by atoms with Crippen LogP contribution in [0.4, 0.5) is 5.69 Å². The number of imide groups is 1. The molecule has 1 atom stereocenters. The standard InChI is InChI=1S/C15H18N2O5/c1-3-22-11-6-4-10(5-7-11)17-13(18)8-12(15(17)20)16-9-14(19)21-2/h4-7,12,16H,3,8-9H2,1-2H3/t12-/m0/s1. The molecule has 7 nitrogen and oxygen atoms in total. The fraction of sp³-hybridized carbons (Fsp3) is 0.400. The molecule has 0 radical (unpaired) electrons. The minimum Gasteiger partial charge on any atom is -0.494 e. The molecule has 22 heavy (non-hydrogen) atoms. The van der Waals surface area contributed by atoms with Gasteiger partial charge in [-0.05, 0) is 31.2 Å². The van der Waals surface area contributed by atoms with Crippen molar-refractivity contribution < 1.29 is 23.9 Å². The van der Waals surface area contributed by atoms with E-state index >= 15 is 0 Å². The first-order valence-corrected chi connectivity index (χ1v) is 6.96. The number of amides is 2. The molecule has 118 valence electrons. The summed E-state index contributed by atoms with van der Waals surface area (Å²) in [5, 5.41) is 2.73. The average molecular weight is 306 g/mol. The molecule has 0 saturated carbocycles. The number of nitrogens with one attached hydrogen (secondary N) is 1. The Morgan fingerprint density at radius 1 is 1.32 bits per heavy atom. The molecule has 0 aromatic heterocycles. The van der Waals surface area contributed by atoms with Gasteiger partial charge in [0.05, 0.1) is 38.4 Å². The number of esters is 1. The van der Waals surface area contributed by atoms with Crippen LogP contribution in [-0.4, -0.2) is 44.1 Å². The van der Waals surface area contributed by atoms with Crippen LogP contribution in [0.15, 0.2) is 24.3 Å². The number of carbonyl (C=O) groups excluding carboxylic acids is 3. The van der Waals surface area contributed by atoms with Gasteiger partial charge in [0.15, 0.2) is 0 Å². The lowest BCUT2D eigenvalue weighted by Gasteiger charge is -2.15. The summed E-state index contributed by atoms with van der Waals surface area (Å²) in [5.41, 5.74) is 0.487. The van der Waals surface area contributed by atoms with Crippen molar-refractivity contribution in [2.24, 2.45) is 0 Å². The molecule has 7 heteroatoms. The molecule has 0 spiro atoms. The highest BCUT2D eigenvalue weighted by atomic mass is 16.5. The number of benzene rings is 1. The SMILES string of the molecule is CCOc1ccc(N2C(=O)C[C@H](NCC(=O)OC)C2=O)cc1. The largest absolute Gasteiger partial charge is 0.494 e. The molecule has 1 aromatic rings. The zero-order valence-corrected chi connectivity index (χ0v) is 12.5. The fourth-order valence-corrected chi connectivity index (χ4v) is 2.20. The zero-order valence-electron chi connectivity index (χ0n) is 12.5. The van der Waals surface area contributed by atoms with Crippen molar-refractivity contribution in [3.05, 3.63) is 24.3 Å². The quantitative estimate of drug-likeness (QED) is 0.608. The van der Waals surface area contributed by atoms with Gasteiger partial charge in [-0.15, -0.1) is 0 Å². The van der Waals surface area contributed by atoms with Gasteiger partial charge in [0.2, 0.25) is 5.91 Å². The van der Waals surface area contributed by atoms with Gasteiger partial charge >= 0.3 is 5.97 Å². The summed E-state index contributed by atoms with van der Waals surface area (Å²) in [4.78, 5) is 36.5. The monoisotopic (exact) mass is 306 g/mol. The number of carbonyl (C=O) groups is 3. The number of nitrogens with zero attached hydrogens (tertiary/aromatic N) is 1. The van der Waals surface area contributed by atoms with Crippen LogP contribution in [-0.2, 0) is 19.1 Å². The lowest BCUT2D eigenvalue weighted by molar-refractivity contribution is -0.139. The van der Waals surface area contributed by atoms with Crippen molar-refractivity contribution >= 4 is 23.5 Å². The number of anilines is 1. The Labute approximate surface area is 128 Å². The van der Waals surface area contributed by atoms with E-state index in [4.69, 9.17) is 4.74 Å². The third-order valence-electron chi connectivity index (χ3n) is 3.27. The Bertz CT molecular complexity index is 570. The van der Waals surface area contributed by atoms with E-state index in [2.05, 4.69) is 10.1 Å². The van der Waals surface area contributed by atoms with Crippen molar-refractivity contribution in [1.82, 2.24) is 5.32 Å². The molecule has 1 saturated heterocycles. The summed E-state index contributed by atoms with van der Waals surface area (Å²) in [5.74, 6) is -0.500. The second-order valence-corrected chi connectivity index (χ2v) is 4.71. The molecule has 1 fully saturated rings. The van der Waals surface area contributed by atoms with E-state index in [1.165, 1.54) is 7.11 Å². The summed E-state index contributed by atoms with van der Waals surface area (Å²) in [7, 11) is 1.26. The van der Waals surface area contributed by atoms with E-state index in [9.17, 15) is 14.4 Å². The Kier molecular flexibility index (Phi) is 5.11. The van der Waals surface area contributed by atoms with Crippen molar-refractivity contribution in [3.8, 4) is 5.75 Å². The summed E-state index contributed by atoms with van der Waals surface area (Å²) < 4.78 is 9.82. The maximum Gasteiger partial charge on any atom is 0.319 e. The van der Waals surface area contributed by atoms with Gasteiger partial charge in [0, 0.05) is 0 Å². The molecule has 0 bridgehead atoms. The third kappa shape index (κ3) is 3.43. The highest BCUT2D eigenvalue weighted by Gasteiger charge is 2.39. The fourth-order valence-electron chi connectivity index (χ4n) is 2.20. The molecule has 1 N–H and O–H groups in total. The van der Waals surface area contributed by atoms with Crippen LogP contribution in [0, 0.1) is 0 Å². The van der Waals surface area contributed by atoms with Gasteiger partial charge in [-0.25, -0.2) is 4.90 Å². The first kappa shape index (κ1) is 16.0. The maximum atomic E-state index is 12.3. The maximum absolute atomic E-state index is 12.3. The van der Waals surface area contributed by atoms with Gasteiger partial charge in [-0.1, -0.05) is 0 Å². The molecule has 0 unspecified atom stereocenters. The van der Waals surface area contributed by atoms with E-state index < -0.39 is 12.0 Å². The molecule has 1 heterocycles. The summed E-state index contributed by atoms with van der Waals surface area (Å²) in [6, 6.07) is 6.01. The number of hydrogen-bond acceptors (Lipinski definition) is 6. The van der Waals surface area contributed by atoms with Gasteiger partial charge in [0.1, 0.15) is 5.75 Å². The third-order valence-corrected chi connectivity index (χ3v) is 3.27. The van der Waals surface area contributed by atoms with Crippen LogP contribution in [0.1, 0.15) is 13.3 Å². The molecule has 2 amide bonds. The predicted octanol–water partition coefficient (Wildman–Crippen LogP) is 0.480. The van der Waals surface area contributed by atoms with E-state index in [0.29, 0.717) is 18.0 Å². The Hall–Kier alpha value is -2.41. The minimum atomic E-state index is -0.710. The highest BCUT2D eigenvalue weighted by molar-refractivity contribution is 6.22. The second kappa shape index (κ2) is 7.04. The Morgan fingerprint density at radius 2 is 2.00 bits per heavy atom. The van der Waals surface area contributed by atoms with Crippen LogP contribution in [0.3, 0.4) is 0 Å². The van der Waals surface area contributed by atoms with Crippen LogP contribution in [0.5, 0.6) is 5.75 Å². The number of methoxy groups -OCH3 is 1. The van der Waals surface area contributed by atoms with Crippen molar-refractivity contribution in [1.29, 1.82) is 0 Å². The molecule has 1 aliphatic heterocycles. The van der Waals surface area contributed by atoms with Crippen molar-refractivity contribution in [3.63, 3.8) is 0 Å². The average Bonchev–Trinajstić information content (AvgIpc) is 2.80. The topological polar surface area (TPSA) is 84.9 Å². The van der Waals surface area contributed by atoms with Gasteiger partial charge < -0.3 is 9.47 Å². The van der Waals surface area contributed by atoms with Gasteiger partial charge in [-0.2, -0.15) is 0 Å². The van der Waals surface area contributed by atoms with Crippen LogP contribution < -0.4 is 15.0 Å². The van der Waals surface area contributed by atoms with E-state index in [1.807, 2.05) is 6.92 Å². The first-order valence-electron chi connectivity index (χ1n) is 6.96. The number of hydrogen-bond donors (Lipinski definition) is 1. The van der Waals surface area contributed by atoms with Gasteiger partial charge in [-0.3, -0.25) is 19.7 Å².